The third-order valence-corrected chi connectivity index (χ3v) is 3.36. The van der Waals surface area contributed by atoms with E-state index in [-0.39, 0.29) is 0 Å². The quantitative estimate of drug-likeness (QED) is 0.759. The molecule has 1 saturated heterocycles. The maximum Gasteiger partial charge on any atom is 0.0899 e. The molecule has 1 atom stereocenters. The Balaban J connectivity index is 1.95. The molecule has 1 aromatic carbocycles. The first-order valence-corrected chi connectivity index (χ1v) is 6.23. The molecule has 82 valence electrons. The van der Waals surface area contributed by atoms with Crippen molar-refractivity contribution in [1.82, 2.24) is 0 Å². The van der Waals surface area contributed by atoms with Crippen LogP contribution in [0.15, 0.2) is 24.3 Å². The molecule has 1 nitrogen and oxygen atoms in total. The molecule has 2 N–H and O–H groups in total. The second-order valence-electron chi connectivity index (χ2n) is 4.83. The smallest absolute Gasteiger partial charge is 0.0899 e. The first-order chi connectivity index (χ1) is 7.34. The van der Waals surface area contributed by atoms with E-state index in [1.807, 2.05) is 0 Å². The Morgan fingerprint density at radius 1 is 1.27 bits per heavy atom. The van der Waals surface area contributed by atoms with Gasteiger partial charge in [-0.05, 0) is 38.2 Å². The number of quaternary nitrogens is 1. The summed E-state index contributed by atoms with van der Waals surface area (Å²) in [6, 6.07) is 9.79. The van der Waals surface area contributed by atoms with Gasteiger partial charge in [0.15, 0.2) is 0 Å². The molecule has 15 heavy (non-hydrogen) atoms. The standard InChI is InChI=1S/C14H21N/c1-12-6-5-7-13(10-12)11-14-8-3-2-4-9-15-14/h5-7,10,14-15H,2-4,8-9,11H2,1H3/p+1/t14-/m0/s1. The first kappa shape index (κ1) is 10.7. The van der Waals surface area contributed by atoms with Crippen molar-refractivity contribution in [2.45, 2.75) is 45.1 Å². The molecule has 2 rings (SSSR count). The van der Waals surface area contributed by atoms with Crippen LogP contribution in [0.3, 0.4) is 0 Å². The molecule has 1 fully saturated rings. The number of rotatable bonds is 2. The van der Waals surface area contributed by atoms with Crippen molar-refractivity contribution in [3.63, 3.8) is 0 Å². The van der Waals surface area contributed by atoms with Crippen LogP contribution >= 0.6 is 0 Å². The number of aryl methyl sites for hydroxylation is 1. The topological polar surface area (TPSA) is 16.6 Å². The fourth-order valence-corrected chi connectivity index (χ4v) is 2.53. The lowest BCUT2D eigenvalue weighted by molar-refractivity contribution is -0.687. The molecule has 0 saturated carbocycles. The average molecular weight is 204 g/mol. The summed E-state index contributed by atoms with van der Waals surface area (Å²) in [5.74, 6) is 0. The van der Waals surface area contributed by atoms with E-state index in [1.165, 1.54) is 49.8 Å². The van der Waals surface area contributed by atoms with Crippen LogP contribution in [-0.2, 0) is 6.42 Å². The Bertz CT molecular complexity index is 298. The molecule has 0 amide bonds. The Morgan fingerprint density at radius 3 is 3.07 bits per heavy atom. The Morgan fingerprint density at radius 2 is 2.20 bits per heavy atom. The summed E-state index contributed by atoms with van der Waals surface area (Å²) in [5.41, 5.74) is 2.90. The van der Waals surface area contributed by atoms with Gasteiger partial charge in [-0.1, -0.05) is 29.8 Å². The van der Waals surface area contributed by atoms with Gasteiger partial charge in [-0.15, -0.1) is 0 Å². The highest BCUT2D eigenvalue weighted by molar-refractivity contribution is 5.22. The van der Waals surface area contributed by atoms with Crippen molar-refractivity contribution in [2.24, 2.45) is 0 Å². The van der Waals surface area contributed by atoms with Gasteiger partial charge in [-0.2, -0.15) is 0 Å². The summed E-state index contributed by atoms with van der Waals surface area (Å²) >= 11 is 0. The normalized spacial score (nSPS) is 22.3. The lowest BCUT2D eigenvalue weighted by Gasteiger charge is -2.12. The molecule has 0 aliphatic carbocycles. The lowest BCUT2D eigenvalue weighted by atomic mass is 10.0. The Labute approximate surface area is 92.9 Å². The molecule has 0 unspecified atom stereocenters. The second-order valence-corrected chi connectivity index (χ2v) is 4.83. The molecule has 1 heterocycles. The highest BCUT2D eigenvalue weighted by Gasteiger charge is 2.15. The maximum atomic E-state index is 2.55. The van der Waals surface area contributed by atoms with Crippen molar-refractivity contribution >= 4 is 0 Å². The van der Waals surface area contributed by atoms with E-state index in [9.17, 15) is 0 Å². The number of nitrogens with two attached hydrogens (primary N) is 1. The average Bonchev–Trinajstić information content (AvgIpc) is 2.46. The van der Waals surface area contributed by atoms with Crippen LogP contribution in [0.2, 0.25) is 0 Å². The predicted molar refractivity (Wildman–Crippen MR) is 63.9 cm³/mol. The van der Waals surface area contributed by atoms with Gasteiger partial charge in [0.25, 0.3) is 0 Å². The minimum atomic E-state index is 0.828. The van der Waals surface area contributed by atoms with Crippen molar-refractivity contribution in [1.29, 1.82) is 0 Å². The highest BCUT2D eigenvalue weighted by atomic mass is 14.9. The zero-order chi connectivity index (χ0) is 10.5. The van der Waals surface area contributed by atoms with Crippen LogP contribution in [0, 0.1) is 6.92 Å². The summed E-state index contributed by atoms with van der Waals surface area (Å²) < 4.78 is 0. The molecule has 0 aromatic heterocycles. The van der Waals surface area contributed by atoms with Crippen molar-refractivity contribution in [3.8, 4) is 0 Å². The van der Waals surface area contributed by atoms with E-state index >= 15 is 0 Å². The van der Waals surface area contributed by atoms with Gasteiger partial charge < -0.3 is 5.32 Å². The molecule has 0 spiro atoms. The predicted octanol–water partition coefficient (Wildman–Crippen LogP) is 2.04. The SMILES string of the molecule is Cc1cccc(C[C@@H]2CCCCC[NH2+]2)c1. The molecule has 0 radical (unpaired) electrons. The van der Waals surface area contributed by atoms with E-state index in [1.54, 1.807) is 0 Å². The Kier molecular flexibility index (Phi) is 3.79. The van der Waals surface area contributed by atoms with Crippen molar-refractivity contribution in [3.05, 3.63) is 35.4 Å². The highest BCUT2D eigenvalue weighted by Crippen LogP contribution is 2.10. The largest absolute Gasteiger partial charge is 0.344 e. The molecule has 1 aromatic rings. The zero-order valence-corrected chi connectivity index (χ0v) is 9.71. The summed E-state index contributed by atoms with van der Waals surface area (Å²) in [4.78, 5) is 0. The van der Waals surface area contributed by atoms with Gasteiger partial charge >= 0.3 is 0 Å². The van der Waals surface area contributed by atoms with Gasteiger partial charge in [-0.25, -0.2) is 0 Å². The minimum Gasteiger partial charge on any atom is -0.344 e. The van der Waals surface area contributed by atoms with Crippen LogP contribution in [-0.4, -0.2) is 12.6 Å². The maximum absolute atomic E-state index is 2.55. The Hall–Kier alpha value is -0.820. The third kappa shape index (κ3) is 3.35. The van der Waals surface area contributed by atoms with Gasteiger partial charge in [0.1, 0.15) is 0 Å². The van der Waals surface area contributed by atoms with E-state index in [0.717, 1.165) is 6.04 Å². The van der Waals surface area contributed by atoms with Gasteiger partial charge in [0, 0.05) is 6.42 Å². The van der Waals surface area contributed by atoms with E-state index in [4.69, 9.17) is 0 Å². The molecule has 1 aliphatic rings. The molecular formula is C14H22N+. The molecule has 1 heteroatoms. The fourth-order valence-electron chi connectivity index (χ4n) is 2.53. The zero-order valence-electron chi connectivity index (χ0n) is 9.71. The second kappa shape index (κ2) is 5.32. The van der Waals surface area contributed by atoms with Crippen LogP contribution in [0.5, 0.6) is 0 Å². The fraction of sp³-hybridized carbons (Fsp3) is 0.571. The molecular weight excluding hydrogens is 182 g/mol. The number of benzene rings is 1. The number of hydrogen-bond donors (Lipinski definition) is 1. The van der Waals surface area contributed by atoms with E-state index in [2.05, 4.69) is 36.5 Å². The lowest BCUT2D eigenvalue weighted by Crippen LogP contribution is -2.90. The van der Waals surface area contributed by atoms with Gasteiger partial charge in [0.05, 0.1) is 12.6 Å². The van der Waals surface area contributed by atoms with Crippen LogP contribution in [0.1, 0.15) is 36.8 Å². The van der Waals surface area contributed by atoms with E-state index < -0.39 is 0 Å². The van der Waals surface area contributed by atoms with Gasteiger partial charge in [0.2, 0.25) is 0 Å². The molecule has 1 aliphatic heterocycles. The minimum absolute atomic E-state index is 0.828. The summed E-state index contributed by atoms with van der Waals surface area (Å²) in [5, 5.41) is 2.55. The number of hydrogen-bond acceptors (Lipinski definition) is 0. The monoisotopic (exact) mass is 204 g/mol. The van der Waals surface area contributed by atoms with E-state index in [0.29, 0.717) is 0 Å². The van der Waals surface area contributed by atoms with Crippen LogP contribution < -0.4 is 5.32 Å². The van der Waals surface area contributed by atoms with Crippen LogP contribution in [0.4, 0.5) is 0 Å². The summed E-state index contributed by atoms with van der Waals surface area (Å²) in [6.45, 7) is 3.51. The van der Waals surface area contributed by atoms with Crippen molar-refractivity contribution < 1.29 is 5.32 Å². The summed E-state index contributed by atoms with van der Waals surface area (Å²) in [7, 11) is 0. The summed E-state index contributed by atoms with van der Waals surface area (Å²) in [6.07, 6.45) is 6.91. The van der Waals surface area contributed by atoms with Crippen molar-refractivity contribution in [2.75, 3.05) is 6.54 Å². The molecule has 0 bridgehead atoms. The van der Waals surface area contributed by atoms with Crippen LogP contribution in [0.25, 0.3) is 0 Å². The first-order valence-electron chi connectivity index (χ1n) is 6.23. The van der Waals surface area contributed by atoms with Gasteiger partial charge in [-0.3, -0.25) is 0 Å². The third-order valence-electron chi connectivity index (χ3n) is 3.36.